The number of alkyl halides is 4. The lowest BCUT2D eigenvalue weighted by Gasteiger charge is -2.19. The van der Waals surface area contributed by atoms with Gasteiger partial charge in [0.1, 0.15) is 0 Å². The van der Waals surface area contributed by atoms with E-state index in [9.17, 15) is 35.9 Å². The predicted octanol–water partition coefficient (Wildman–Crippen LogP) is 1.82. The molecule has 0 atom stereocenters. The fourth-order valence-electron chi connectivity index (χ4n) is 0.279. The molecule has 0 aliphatic rings. The van der Waals surface area contributed by atoms with Crippen molar-refractivity contribution in [3.05, 3.63) is 0 Å². The predicted molar refractivity (Wildman–Crippen MR) is 23.6 cm³/mol. The standard InChI is InChI=1S/C4F6O3/c5-1(11)3(7,8)4(9,10)13-2(6)12. The first-order chi connectivity index (χ1) is 5.61. The SMILES string of the molecule is O=C(F)OC(F)(F)C(F)(F)C(=O)F. The van der Waals surface area contributed by atoms with E-state index in [4.69, 9.17) is 0 Å². The van der Waals surface area contributed by atoms with E-state index in [0.717, 1.165) is 0 Å². The first-order valence-electron chi connectivity index (χ1n) is 2.45. The highest BCUT2D eigenvalue weighted by Crippen LogP contribution is 2.36. The molecular weight excluding hydrogens is 210 g/mol. The van der Waals surface area contributed by atoms with Crippen LogP contribution in [0.15, 0.2) is 0 Å². The van der Waals surface area contributed by atoms with Crippen LogP contribution in [0, 0.1) is 0 Å². The van der Waals surface area contributed by atoms with E-state index in [1.54, 1.807) is 0 Å². The number of carbonyl (C=O) groups excluding carboxylic acids is 2. The molecular formula is C4F6O3. The monoisotopic (exact) mass is 210 g/mol. The summed E-state index contributed by atoms with van der Waals surface area (Å²) in [4.78, 5) is 18.5. The molecule has 0 saturated heterocycles. The van der Waals surface area contributed by atoms with Gasteiger partial charge in [0.15, 0.2) is 0 Å². The molecule has 9 heteroatoms. The lowest BCUT2D eigenvalue weighted by Crippen LogP contribution is -2.48. The molecule has 0 rings (SSSR count). The molecule has 0 fully saturated rings. The molecule has 0 aromatic carbocycles. The maximum atomic E-state index is 11.8. The Hall–Kier alpha value is -1.28. The Kier molecular flexibility index (Phi) is 2.91. The van der Waals surface area contributed by atoms with Crippen molar-refractivity contribution in [3.63, 3.8) is 0 Å². The van der Waals surface area contributed by atoms with E-state index in [-0.39, 0.29) is 0 Å². The second kappa shape index (κ2) is 3.23. The average molecular weight is 210 g/mol. The van der Waals surface area contributed by atoms with Crippen molar-refractivity contribution in [2.45, 2.75) is 12.0 Å². The summed E-state index contributed by atoms with van der Waals surface area (Å²) in [6, 6.07) is -3.74. The van der Waals surface area contributed by atoms with Crippen LogP contribution < -0.4 is 0 Å². The average Bonchev–Trinajstić information content (AvgIpc) is 1.83. The van der Waals surface area contributed by atoms with Gasteiger partial charge in [0.05, 0.1) is 0 Å². The maximum absolute atomic E-state index is 11.8. The highest BCUT2D eigenvalue weighted by atomic mass is 19.3. The molecule has 0 N–H and O–H groups in total. The van der Waals surface area contributed by atoms with Crippen molar-refractivity contribution < 1.29 is 40.7 Å². The van der Waals surface area contributed by atoms with Crippen molar-refractivity contribution in [1.29, 1.82) is 0 Å². The molecule has 0 radical (unpaired) electrons. The number of carbonyl (C=O) groups is 2. The topological polar surface area (TPSA) is 43.4 Å². The third-order valence-electron chi connectivity index (χ3n) is 0.821. The van der Waals surface area contributed by atoms with E-state index in [2.05, 4.69) is 4.74 Å². The van der Waals surface area contributed by atoms with Crippen molar-refractivity contribution >= 4 is 12.3 Å². The summed E-state index contributed by atoms with van der Waals surface area (Å²) in [5.74, 6) is -5.89. The van der Waals surface area contributed by atoms with Crippen LogP contribution in [-0.4, -0.2) is 24.3 Å². The lowest BCUT2D eigenvalue weighted by molar-refractivity contribution is -0.313. The van der Waals surface area contributed by atoms with Crippen LogP contribution in [0.2, 0.25) is 0 Å². The quantitative estimate of drug-likeness (QED) is 0.527. The van der Waals surface area contributed by atoms with Gasteiger partial charge in [-0.05, 0) is 0 Å². The minimum atomic E-state index is -5.89. The third-order valence-corrected chi connectivity index (χ3v) is 0.821. The Bertz CT molecular complexity index is 236. The zero-order valence-corrected chi connectivity index (χ0v) is 5.49. The van der Waals surface area contributed by atoms with Gasteiger partial charge in [0.2, 0.25) is 0 Å². The minimum Gasteiger partial charge on any atom is -0.369 e. The molecule has 0 heterocycles. The van der Waals surface area contributed by atoms with Gasteiger partial charge in [0.25, 0.3) is 0 Å². The molecule has 3 nitrogen and oxygen atoms in total. The number of hydrogen-bond acceptors (Lipinski definition) is 3. The fourth-order valence-corrected chi connectivity index (χ4v) is 0.279. The Morgan fingerprint density at radius 3 is 1.62 bits per heavy atom. The van der Waals surface area contributed by atoms with Crippen LogP contribution in [0.25, 0.3) is 0 Å². The molecule has 0 unspecified atom stereocenters. The Morgan fingerprint density at radius 1 is 1.00 bits per heavy atom. The number of hydrogen-bond donors (Lipinski definition) is 0. The largest absolute Gasteiger partial charge is 0.500 e. The first kappa shape index (κ1) is 11.7. The van der Waals surface area contributed by atoms with E-state index in [1.165, 1.54) is 0 Å². The summed E-state index contributed by atoms with van der Waals surface area (Å²) in [6.07, 6.45) is -9.10. The first-order valence-corrected chi connectivity index (χ1v) is 2.45. The second-order valence-corrected chi connectivity index (χ2v) is 1.70. The summed E-state index contributed by atoms with van der Waals surface area (Å²) in [5, 5.41) is 0. The van der Waals surface area contributed by atoms with Crippen molar-refractivity contribution in [2.75, 3.05) is 0 Å². The molecule has 76 valence electrons. The smallest absolute Gasteiger partial charge is 0.369 e. The van der Waals surface area contributed by atoms with Gasteiger partial charge in [-0.3, -0.25) is 4.79 Å². The number of rotatable bonds is 3. The molecule has 0 aliphatic heterocycles. The van der Waals surface area contributed by atoms with Gasteiger partial charge in [-0.1, -0.05) is 0 Å². The Labute approximate surface area is 66.3 Å². The number of ether oxygens (including phenoxy) is 1. The Morgan fingerprint density at radius 2 is 1.38 bits per heavy atom. The summed E-state index contributed by atoms with van der Waals surface area (Å²) < 4.78 is 71.6. The van der Waals surface area contributed by atoms with E-state index >= 15 is 0 Å². The zero-order chi connectivity index (χ0) is 10.9. The highest BCUT2D eigenvalue weighted by molar-refractivity contribution is 5.77. The molecule has 13 heavy (non-hydrogen) atoms. The normalized spacial score (nSPS) is 12.5. The van der Waals surface area contributed by atoms with Gasteiger partial charge in [-0.25, -0.2) is 4.79 Å². The van der Waals surface area contributed by atoms with E-state index in [1.807, 2.05) is 0 Å². The fraction of sp³-hybridized carbons (Fsp3) is 0.500. The van der Waals surface area contributed by atoms with Crippen LogP contribution in [0.5, 0.6) is 0 Å². The van der Waals surface area contributed by atoms with Crippen LogP contribution in [-0.2, 0) is 9.53 Å². The van der Waals surface area contributed by atoms with E-state index in [0.29, 0.717) is 0 Å². The Balaban J connectivity index is 4.80. The molecule has 0 amide bonds. The summed E-state index contributed by atoms with van der Waals surface area (Å²) >= 11 is 0. The van der Waals surface area contributed by atoms with Gasteiger partial charge in [-0.2, -0.15) is 22.0 Å². The summed E-state index contributed by atoms with van der Waals surface area (Å²) in [7, 11) is 0. The molecule has 0 aliphatic carbocycles. The molecule has 0 aromatic heterocycles. The van der Waals surface area contributed by atoms with Crippen molar-refractivity contribution in [1.82, 2.24) is 0 Å². The molecule has 0 saturated carbocycles. The highest BCUT2D eigenvalue weighted by Gasteiger charge is 2.66. The minimum absolute atomic E-state index is 2.11. The van der Waals surface area contributed by atoms with Crippen molar-refractivity contribution in [3.8, 4) is 0 Å². The van der Waals surface area contributed by atoms with Crippen LogP contribution in [0.3, 0.4) is 0 Å². The molecule has 0 bridgehead atoms. The number of halogens is 6. The maximum Gasteiger partial charge on any atom is 0.500 e. The second-order valence-electron chi connectivity index (χ2n) is 1.70. The van der Waals surface area contributed by atoms with Gasteiger partial charge >= 0.3 is 24.3 Å². The van der Waals surface area contributed by atoms with Gasteiger partial charge < -0.3 is 4.74 Å². The third kappa shape index (κ3) is 2.33. The van der Waals surface area contributed by atoms with Crippen LogP contribution in [0.4, 0.5) is 31.1 Å². The zero-order valence-electron chi connectivity index (χ0n) is 5.49. The van der Waals surface area contributed by atoms with E-state index < -0.39 is 24.3 Å². The van der Waals surface area contributed by atoms with Gasteiger partial charge in [0, 0.05) is 0 Å². The van der Waals surface area contributed by atoms with Crippen molar-refractivity contribution in [2.24, 2.45) is 0 Å². The van der Waals surface area contributed by atoms with Gasteiger partial charge in [-0.15, -0.1) is 4.39 Å². The van der Waals surface area contributed by atoms with Crippen LogP contribution in [0.1, 0.15) is 0 Å². The summed E-state index contributed by atoms with van der Waals surface area (Å²) in [6.45, 7) is 0. The summed E-state index contributed by atoms with van der Waals surface area (Å²) in [5.41, 5.74) is 0. The molecule has 0 aromatic rings. The molecule has 0 spiro atoms. The lowest BCUT2D eigenvalue weighted by atomic mass is 10.3. The van der Waals surface area contributed by atoms with Crippen LogP contribution >= 0.6 is 0 Å².